The van der Waals surface area contributed by atoms with Crippen LogP contribution in [0.3, 0.4) is 0 Å². The average molecular weight is 349 g/mol. The molecule has 6 heteroatoms. The summed E-state index contributed by atoms with van der Waals surface area (Å²) in [6.07, 6.45) is 7.38. The largest absolute Gasteiger partial charge is 0.352 e. The van der Waals surface area contributed by atoms with E-state index in [4.69, 9.17) is 0 Å². The summed E-state index contributed by atoms with van der Waals surface area (Å²) < 4.78 is 1.62. The Bertz CT molecular complexity index is 876. The lowest BCUT2D eigenvalue weighted by molar-refractivity contribution is 0.0932. The van der Waals surface area contributed by atoms with Crippen molar-refractivity contribution < 1.29 is 4.79 Å². The molecular weight excluding hydrogens is 326 g/mol. The predicted octanol–water partition coefficient (Wildman–Crippen LogP) is 2.37. The first-order chi connectivity index (χ1) is 12.8. The van der Waals surface area contributed by atoms with Crippen LogP contribution in [0.2, 0.25) is 0 Å². The first-order valence-corrected chi connectivity index (χ1v) is 9.12. The van der Waals surface area contributed by atoms with Crippen molar-refractivity contribution in [2.24, 2.45) is 5.92 Å². The molecule has 0 bridgehead atoms. The van der Waals surface area contributed by atoms with E-state index in [1.54, 1.807) is 29.2 Å². The number of hydrogen-bond acceptors (Lipinski definition) is 4. The fourth-order valence-corrected chi connectivity index (χ4v) is 3.62. The number of fused-ring (bicyclic) bond motifs is 1. The van der Waals surface area contributed by atoms with Gasteiger partial charge in [-0.15, -0.1) is 0 Å². The Balaban J connectivity index is 1.33. The molecule has 0 radical (unpaired) electrons. The summed E-state index contributed by atoms with van der Waals surface area (Å²) in [5.74, 6) is 0.380. The first kappa shape index (κ1) is 16.7. The Morgan fingerprint density at radius 1 is 1.23 bits per heavy atom. The molecule has 1 aliphatic heterocycles. The maximum atomic E-state index is 12.5. The third kappa shape index (κ3) is 3.75. The Morgan fingerprint density at radius 3 is 3.00 bits per heavy atom. The number of carbonyl (C=O) groups excluding carboxylic acids is 1. The van der Waals surface area contributed by atoms with Gasteiger partial charge in [-0.3, -0.25) is 9.69 Å². The summed E-state index contributed by atoms with van der Waals surface area (Å²) >= 11 is 0. The van der Waals surface area contributed by atoms with Gasteiger partial charge in [0.1, 0.15) is 5.56 Å². The van der Waals surface area contributed by atoms with Crippen molar-refractivity contribution in [1.82, 2.24) is 24.8 Å². The van der Waals surface area contributed by atoms with E-state index in [-0.39, 0.29) is 5.91 Å². The molecule has 26 heavy (non-hydrogen) atoms. The van der Waals surface area contributed by atoms with E-state index in [2.05, 4.69) is 44.6 Å². The fraction of sp³-hybridized carbons (Fsp3) is 0.350. The minimum Gasteiger partial charge on any atom is -0.352 e. The van der Waals surface area contributed by atoms with Gasteiger partial charge in [0, 0.05) is 32.0 Å². The van der Waals surface area contributed by atoms with Crippen LogP contribution in [0.5, 0.6) is 0 Å². The lowest BCUT2D eigenvalue weighted by Crippen LogP contribution is -2.40. The van der Waals surface area contributed by atoms with Crippen LogP contribution in [0.4, 0.5) is 0 Å². The summed E-state index contributed by atoms with van der Waals surface area (Å²) in [7, 11) is 0. The van der Waals surface area contributed by atoms with E-state index in [9.17, 15) is 4.79 Å². The lowest BCUT2D eigenvalue weighted by Gasteiger charge is -2.32. The van der Waals surface area contributed by atoms with Gasteiger partial charge in [0.05, 0.1) is 6.20 Å². The molecule has 1 fully saturated rings. The standard InChI is InChI=1S/C20H23N5O/c26-20(18-13-23-25-11-5-9-21-19(18)25)22-12-17-8-4-10-24(15-17)14-16-6-2-1-3-7-16/h1-3,5-7,9,11,13,17H,4,8,10,12,14-15H2,(H,22,26)/t17-/m0/s1. The Morgan fingerprint density at radius 2 is 2.12 bits per heavy atom. The molecule has 1 N–H and O–H groups in total. The normalized spacial score (nSPS) is 18.1. The van der Waals surface area contributed by atoms with Gasteiger partial charge in [0.15, 0.2) is 5.65 Å². The molecule has 1 aliphatic rings. The van der Waals surface area contributed by atoms with Gasteiger partial charge >= 0.3 is 0 Å². The van der Waals surface area contributed by atoms with Crippen LogP contribution < -0.4 is 5.32 Å². The van der Waals surface area contributed by atoms with Crippen LogP contribution in [0.1, 0.15) is 28.8 Å². The molecule has 134 valence electrons. The monoisotopic (exact) mass is 349 g/mol. The summed E-state index contributed by atoms with van der Waals surface area (Å²) in [6, 6.07) is 12.4. The van der Waals surface area contributed by atoms with E-state index in [1.807, 2.05) is 6.07 Å². The fourth-order valence-electron chi connectivity index (χ4n) is 3.62. The summed E-state index contributed by atoms with van der Waals surface area (Å²) in [6.45, 7) is 3.80. The van der Waals surface area contributed by atoms with Gasteiger partial charge in [0.25, 0.3) is 5.91 Å². The second kappa shape index (κ2) is 7.66. The summed E-state index contributed by atoms with van der Waals surface area (Å²) in [5, 5.41) is 7.25. The van der Waals surface area contributed by atoms with Crippen molar-refractivity contribution in [3.8, 4) is 0 Å². The molecule has 0 saturated carbocycles. The highest BCUT2D eigenvalue weighted by atomic mass is 16.1. The number of benzene rings is 1. The molecule has 1 amide bonds. The lowest BCUT2D eigenvalue weighted by atomic mass is 9.97. The molecule has 3 aromatic rings. The van der Waals surface area contributed by atoms with Crippen LogP contribution in [0, 0.1) is 5.92 Å². The van der Waals surface area contributed by atoms with Gasteiger partial charge in [0.2, 0.25) is 0 Å². The molecule has 2 aromatic heterocycles. The first-order valence-electron chi connectivity index (χ1n) is 9.12. The molecule has 0 spiro atoms. The van der Waals surface area contributed by atoms with E-state index in [0.29, 0.717) is 23.7 Å². The van der Waals surface area contributed by atoms with Crippen LogP contribution >= 0.6 is 0 Å². The van der Waals surface area contributed by atoms with Crippen LogP contribution in [-0.2, 0) is 6.54 Å². The zero-order valence-electron chi connectivity index (χ0n) is 14.7. The maximum absolute atomic E-state index is 12.5. The van der Waals surface area contributed by atoms with Crippen molar-refractivity contribution >= 4 is 11.6 Å². The Hall–Kier alpha value is -2.73. The average Bonchev–Trinajstić information content (AvgIpc) is 3.11. The number of rotatable bonds is 5. The number of nitrogens with one attached hydrogen (secondary N) is 1. The summed E-state index contributed by atoms with van der Waals surface area (Å²) in [4.78, 5) is 19.2. The van der Waals surface area contributed by atoms with Crippen LogP contribution in [-0.4, -0.2) is 45.0 Å². The molecular formula is C20H23N5O. The number of carbonyl (C=O) groups is 1. The maximum Gasteiger partial charge on any atom is 0.256 e. The third-order valence-electron chi connectivity index (χ3n) is 4.93. The number of aromatic nitrogens is 3. The molecule has 3 heterocycles. The quantitative estimate of drug-likeness (QED) is 0.768. The molecule has 0 unspecified atom stereocenters. The van der Waals surface area contributed by atoms with Gasteiger partial charge in [-0.25, -0.2) is 9.50 Å². The van der Waals surface area contributed by atoms with Gasteiger partial charge in [-0.1, -0.05) is 30.3 Å². The van der Waals surface area contributed by atoms with Gasteiger partial charge < -0.3 is 5.32 Å². The number of piperidine rings is 1. The van der Waals surface area contributed by atoms with Gasteiger partial charge in [-0.05, 0) is 36.9 Å². The highest BCUT2D eigenvalue weighted by Gasteiger charge is 2.21. The van der Waals surface area contributed by atoms with E-state index < -0.39 is 0 Å². The molecule has 4 rings (SSSR count). The van der Waals surface area contributed by atoms with Gasteiger partial charge in [-0.2, -0.15) is 5.10 Å². The Labute approximate surface area is 152 Å². The number of likely N-dealkylation sites (tertiary alicyclic amines) is 1. The molecule has 6 nitrogen and oxygen atoms in total. The van der Waals surface area contributed by atoms with Crippen molar-refractivity contribution in [1.29, 1.82) is 0 Å². The number of hydrogen-bond donors (Lipinski definition) is 1. The topological polar surface area (TPSA) is 62.5 Å². The van der Waals surface area contributed by atoms with E-state index in [1.165, 1.54) is 12.0 Å². The van der Waals surface area contributed by atoms with Crippen LogP contribution in [0.15, 0.2) is 55.0 Å². The predicted molar refractivity (Wildman–Crippen MR) is 99.8 cm³/mol. The van der Waals surface area contributed by atoms with Crippen molar-refractivity contribution in [3.05, 3.63) is 66.1 Å². The zero-order valence-corrected chi connectivity index (χ0v) is 14.7. The van der Waals surface area contributed by atoms with E-state index in [0.717, 1.165) is 26.1 Å². The highest BCUT2D eigenvalue weighted by Crippen LogP contribution is 2.18. The minimum atomic E-state index is -0.0983. The van der Waals surface area contributed by atoms with Crippen molar-refractivity contribution in [3.63, 3.8) is 0 Å². The second-order valence-corrected chi connectivity index (χ2v) is 6.89. The van der Waals surface area contributed by atoms with Crippen LogP contribution in [0.25, 0.3) is 5.65 Å². The molecule has 1 aromatic carbocycles. The summed E-state index contributed by atoms with van der Waals surface area (Å²) in [5.41, 5.74) is 2.47. The molecule has 1 saturated heterocycles. The highest BCUT2D eigenvalue weighted by molar-refractivity contribution is 5.99. The zero-order chi connectivity index (χ0) is 17.8. The van der Waals surface area contributed by atoms with E-state index >= 15 is 0 Å². The SMILES string of the molecule is O=C(NC[C@@H]1CCCN(Cc2ccccc2)C1)c1cnn2cccnc12. The molecule has 1 atom stereocenters. The third-order valence-corrected chi connectivity index (χ3v) is 4.93. The number of amides is 1. The van der Waals surface area contributed by atoms with Crippen molar-refractivity contribution in [2.75, 3.05) is 19.6 Å². The second-order valence-electron chi connectivity index (χ2n) is 6.89. The smallest absolute Gasteiger partial charge is 0.256 e. The van der Waals surface area contributed by atoms with Crippen molar-refractivity contribution in [2.45, 2.75) is 19.4 Å². The minimum absolute atomic E-state index is 0.0983. The Kier molecular flexibility index (Phi) is 4.93. The molecule has 0 aliphatic carbocycles. The number of nitrogens with zero attached hydrogens (tertiary/aromatic N) is 4.